The second-order valence-corrected chi connectivity index (χ2v) is 6.74. The predicted octanol–water partition coefficient (Wildman–Crippen LogP) is 4.62. The van der Waals surface area contributed by atoms with Crippen LogP contribution in [0.25, 0.3) is 0 Å². The maximum absolute atomic E-state index is 13.2. The van der Waals surface area contributed by atoms with E-state index in [0.29, 0.717) is 37.9 Å². The van der Waals surface area contributed by atoms with Crippen LogP contribution in [0.1, 0.15) is 12.5 Å². The van der Waals surface area contributed by atoms with E-state index in [0.717, 1.165) is 17.5 Å². The first kappa shape index (κ1) is 20.3. The minimum Gasteiger partial charge on any atom is -0.492 e. The first-order valence-electron chi connectivity index (χ1n) is 9.09. The fourth-order valence-corrected chi connectivity index (χ4v) is 3.47. The van der Waals surface area contributed by atoms with E-state index in [-0.39, 0.29) is 5.69 Å². The van der Waals surface area contributed by atoms with Crippen LogP contribution >= 0.6 is 12.2 Å². The molecule has 2 aromatic rings. The van der Waals surface area contributed by atoms with Gasteiger partial charge in [0.25, 0.3) is 0 Å². The smallest absolute Gasteiger partial charge is 0.418 e. The molecule has 2 aromatic carbocycles. The average Bonchev–Trinajstić information content (AvgIpc) is 2.68. The van der Waals surface area contributed by atoms with E-state index in [1.54, 1.807) is 6.07 Å². The number of rotatable bonds is 4. The van der Waals surface area contributed by atoms with Gasteiger partial charge in [-0.05, 0) is 43.4 Å². The van der Waals surface area contributed by atoms with Crippen molar-refractivity contribution in [2.24, 2.45) is 0 Å². The third-order valence-electron chi connectivity index (χ3n) is 4.55. The van der Waals surface area contributed by atoms with Crippen LogP contribution < -0.4 is 15.0 Å². The molecule has 1 aliphatic rings. The summed E-state index contributed by atoms with van der Waals surface area (Å²) >= 11 is 5.37. The third-order valence-corrected chi connectivity index (χ3v) is 4.91. The second kappa shape index (κ2) is 8.68. The zero-order chi connectivity index (χ0) is 20.1. The highest BCUT2D eigenvalue weighted by Gasteiger charge is 2.33. The quantitative estimate of drug-likeness (QED) is 0.744. The zero-order valence-corrected chi connectivity index (χ0v) is 16.3. The van der Waals surface area contributed by atoms with Crippen molar-refractivity contribution < 1.29 is 17.9 Å². The maximum Gasteiger partial charge on any atom is 0.418 e. The number of benzene rings is 2. The van der Waals surface area contributed by atoms with Gasteiger partial charge in [0.15, 0.2) is 5.11 Å². The van der Waals surface area contributed by atoms with Gasteiger partial charge in [-0.15, -0.1) is 0 Å². The number of halogens is 3. The van der Waals surface area contributed by atoms with E-state index in [4.69, 9.17) is 17.0 Å². The fraction of sp³-hybridized carbons (Fsp3) is 0.350. The van der Waals surface area contributed by atoms with Gasteiger partial charge in [0.1, 0.15) is 5.75 Å². The number of nitrogens with one attached hydrogen (secondary N) is 1. The molecule has 0 atom stereocenters. The van der Waals surface area contributed by atoms with Gasteiger partial charge in [0.05, 0.1) is 23.5 Å². The molecule has 1 aliphatic heterocycles. The van der Waals surface area contributed by atoms with Gasteiger partial charge in [-0.3, -0.25) is 0 Å². The van der Waals surface area contributed by atoms with Crippen LogP contribution in [0.5, 0.6) is 5.75 Å². The molecule has 4 nitrogen and oxygen atoms in total. The molecule has 1 heterocycles. The number of nitrogens with zero attached hydrogens (tertiary/aromatic N) is 2. The van der Waals surface area contributed by atoms with Gasteiger partial charge in [-0.25, -0.2) is 0 Å². The highest BCUT2D eigenvalue weighted by atomic mass is 32.1. The molecular weight excluding hydrogens is 387 g/mol. The molecule has 0 amide bonds. The molecule has 1 N–H and O–H groups in total. The van der Waals surface area contributed by atoms with Crippen molar-refractivity contribution in [3.63, 3.8) is 0 Å². The molecule has 150 valence electrons. The zero-order valence-electron chi connectivity index (χ0n) is 15.5. The Morgan fingerprint density at radius 1 is 1.04 bits per heavy atom. The lowest BCUT2D eigenvalue weighted by atomic mass is 10.1. The van der Waals surface area contributed by atoms with Crippen molar-refractivity contribution in [2.75, 3.05) is 43.0 Å². The molecule has 0 saturated carbocycles. The van der Waals surface area contributed by atoms with Crippen molar-refractivity contribution in [3.05, 3.63) is 54.1 Å². The first-order valence-corrected chi connectivity index (χ1v) is 9.50. The molecule has 0 spiro atoms. The third kappa shape index (κ3) is 4.67. The summed E-state index contributed by atoms with van der Waals surface area (Å²) in [6.45, 7) is 5.15. The van der Waals surface area contributed by atoms with Crippen molar-refractivity contribution in [3.8, 4) is 5.75 Å². The molecule has 0 bridgehead atoms. The summed E-state index contributed by atoms with van der Waals surface area (Å²) in [7, 11) is 0. The van der Waals surface area contributed by atoms with E-state index in [1.165, 1.54) is 12.1 Å². The van der Waals surface area contributed by atoms with Gasteiger partial charge < -0.3 is 19.9 Å². The average molecular weight is 409 g/mol. The normalized spacial score (nSPS) is 14.7. The van der Waals surface area contributed by atoms with Crippen molar-refractivity contribution >= 4 is 28.7 Å². The number of hydrogen-bond acceptors (Lipinski definition) is 3. The Labute approximate surface area is 167 Å². The largest absolute Gasteiger partial charge is 0.492 e. The maximum atomic E-state index is 13.2. The summed E-state index contributed by atoms with van der Waals surface area (Å²) in [5, 5.41) is 3.07. The molecule has 28 heavy (non-hydrogen) atoms. The minimum atomic E-state index is -4.43. The van der Waals surface area contributed by atoms with E-state index < -0.39 is 11.7 Å². The SMILES string of the molecule is CCOc1ccccc1N1CCN(C(=S)Nc2ccccc2C(F)(F)F)CC1. The molecule has 8 heteroatoms. The Kier molecular flexibility index (Phi) is 6.28. The van der Waals surface area contributed by atoms with Crippen molar-refractivity contribution in [1.29, 1.82) is 0 Å². The molecule has 1 fully saturated rings. The van der Waals surface area contributed by atoms with Crippen LogP contribution in [-0.2, 0) is 6.18 Å². The number of ether oxygens (including phenoxy) is 1. The summed E-state index contributed by atoms with van der Waals surface area (Å²) in [4.78, 5) is 4.09. The Morgan fingerprint density at radius 3 is 2.36 bits per heavy atom. The summed E-state index contributed by atoms with van der Waals surface area (Å²) < 4.78 is 45.2. The number of para-hydroxylation sites is 3. The van der Waals surface area contributed by atoms with Crippen LogP contribution in [0.4, 0.5) is 24.5 Å². The molecule has 1 saturated heterocycles. The van der Waals surface area contributed by atoms with Gasteiger partial charge in [0.2, 0.25) is 0 Å². The van der Waals surface area contributed by atoms with Gasteiger partial charge in [-0.1, -0.05) is 24.3 Å². The van der Waals surface area contributed by atoms with Crippen molar-refractivity contribution in [2.45, 2.75) is 13.1 Å². The monoisotopic (exact) mass is 409 g/mol. The predicted molar refractivity (Wildman–Crippen MR) is 109 cm³/mol. The lowest BCUT2D eigenvalue weighted by Gasteiger charge is -2.38. The first-order chi connectivity index (χ1) is 13.4. The van der Waals surface area contributed by atoms with Crippen LogP contribution in [0.3, 0.4) is 0 Å². The van der Waals surface area contributed by atoms with E-state index in [1.807, 2.05) is 36.1 Å². The van der Waals surface area contributed by atoms with Gasteiger partial charge >= 0.3 is 6.18 Å². The van der Waals surface area contributed by atoms with E-state index in [9.17, 15) is 13.2 Å². The molecule has 0 unspecified atom stereocenters. The highest BCUT2D eigenvalue weighted by molar-refractivity contribution is 7.80. The number of hydrogen-bond donors (Lipinski definition) is 1. The summed E-state index contributed by atoms with van der Waals surface area (Å²) in [5.41, 5.74) is 0.274. The number of thiocarbonyl (C=S) groups is 1. The lowest BCUT2D eigenvalue weighted by Crippen LogP contribution is -2.50. The highest BCUT2D eigenvalue weighted by Crippen LogP contribution is 2.35. The van der Waals surface area contributed by atoms with Gasteiger partial charge in [-0.2, -0.15) is 13.2 Å². The summed E-state index contributed by atoms with van der Waals surface area (Å²) in [5.74, 6) is 0.832. The summed E-state index contributed by atoms with van der Waals surface area (Å²) in [6, 6.07) is 13.2. The summed E-state index contributed by atoms with van der Waals surface area (Å²) in [6.07, 6.45) is -4.43. The standard InChI is InChI=1S/C20H22F3N3OS/c1-2-27-18-10-6-5-9-17(18)25-11-13-26(14-12-25)19(28)24-16-8-4-3-7-15(16)20(21,22)23/h3-10H,2,11-14H2,1H3,(H,24,28). The van der Waals surface area contributed by atoms with Crippen molar-refractivity contribution in [1.82, 2.24) is 4.90 Å². The topological polar surface area (TPSA) is 27.7 Å². The van der Waals surface area contributed by atoms with E-state index >= 15 is 0 Å². The number of alkyl halides is 3. The van der Waals surface area contributed by atoms with Crippen LogP contribution in [-0.4, -0.2) is 42.8 Å². The van der Waals surface area contributed by atoms with Crippen LogP contribution in [0, 0.1) is 0 Å². The Morgan fingerprint density at radius 2 is 1.68 bits per heavy atom. The lowest BCUT2D eigenvalue weighted by molar-refractivity contribution is -0.136. The Balaban J connectivity index is 1.64. The number of piperazine rings is 1. The molecule has 0 aliphatic carbocycles. The molecule has 0 aromatic heterocycles. The van der Waals surface area contributed by atoms with Gasteiger partial charge in [0, 0.05) is 26.2 Å². The van der Waals surface area contributed by atoms with Crippen LogP contribution in [0.15, 0.2) is 48.5 Å². The fourth-order valence-electron chi connectivity index (χ4n) is 3.18. The molecule has 0 radical (unpaired) electrons. The van der Waals surface area contributed by atoms with E-state index in [2.05, 4.69) is 10.2 Å². The minimum absolute atomic E-state index is 0.0240. The molecule has 3 rings (SSSR count). The molecular formula is C20H22F3N3OS. The van der Waals surface area contributed by atoms with Crippen LogP contribution in [0.2, 0.25) is 0 Å². The second-order valence-electron chi connectivity index (χ2n) is 6.35. The number of anilines is 2. The Bertz CT molecular complexity index is 820. The Hall–Kier alpha value is -2.48.